The molecule has 0 radical (unpaired) electrons. The summed E-state index contributed by atoms with van der Waals surface area (Å²) in [5.74, 6) is 0.767. The molecule has 0 bridgehead atoms. The van der Waals surface area contributed by atoms with Crippen molar-refractivity contribution in [3.8, 4) is 5.75 Å². The Morgan fingerprint density at radius 1 is 1.11 bits per heavy atom. The Morgan fingerprint density at radius 3 is 2.39 bits per heavy atom. The van der Waals surface area contributed by atoms with E-state index in [2.05, 4.69) is 0 Å². The highest BCUT2D eigenvalue weighted by Gasteiger charge is 2.11. The lowest BCUT2D eigenvalue weighted by molar-refractivity contribution is -0.673. The highest BCUT2D eigenvalue weighted by atomic mass is 16.7. The number of nitrogens with two attached hydrogens (primary N) is 1. The first kappa shape index (κ1) is 14.9. The van der Waals surface area contributed by atoms with E-state index in [4.69, 9.17) is 14.2 Å². The molecule has 0 fully saturated rings. The molecule has 1 aromatic rings. The van der Waals surface area contributed by atoms with Gasteiger partial charge in [0.25, 0.3) is 0 Å². The number of aliphatic hydroxyl groups excluding tert-OH is 1. The first-order valence-corrected chi connectivity index (χ1v) is 5.99. The van der Waals surface area contributed by atoms with Crippen molar-refractivity contribution in [2.24, 2.45) is 0 Å². The predicted molar refractivity (Wildman–Crippen MR) is 67.4 cm³/mol. The molecule has 1 atom stereocenters. The molecule has 5 heteroatoms. The van der Waals surface area contributed by atoms with Crippen molar-refractivity contribution >= 4 is 0 Å². The maximum absolute atomic E-state index is 9.73. The Hall–Kier alpha value is -1.14. The summed E-state index contributed by atoms with van der Waals surface area (Å²) in [6.45, 7) is 1.48. The van der Waals surface area contributed by atoms with E-state index >= 15 is 0 Å². The Balaban J connectivity index is 2.12. The minimum Gasteiger partial charge on any atom is -0.491 e. The summed E-state index contributed by atoms with van der Waals surface area (Å²) < 4.78 is 15.5. The first-order chi connectivity index (χ1) is 8.76. The van der Waals surface area contributed by atoms with Gasteiger partial charge < -0.3 is 24.6 Å². The second kappa shape index (κ2) is 8.88. The summed E-state index contributed by atoms with van der Waals surface area (Å²) in [7, 11) is 3.19. The average Bonchev–Trinajstić information content (AvgIpc) is 2.42. The highest BCUT2D eigenvalue weighted by Crippen LogP contribution is 2.07. The Bertz CT molecular complexity index is 303. The van der Waals surface area contributed by atoms with Gasteiger partial charge in [-0.1, -0.05) is 18.2 Å². The Kier molecular flexibility index (Phi) is 7.36. The second-order valence-electron chi connectivity index (χ2n) is 3.94. The smallest absolute Gasteiger partial charge is 0.206 e. The van der Waals surface area contributed by atoms with E-state index in [0.29, 0.717) is 13.1 Å². The number of rotatable bonds is 9. The zero-order valence-electron chi connectivity index (χ0n) is 10.9. The molecule has 0 amide bonds. The summed E-state index contributed by atoms with van der Waals surface area (Å²) in [6, 6.07) is 9.45. The van der Waals surface area contributed by atoms with Crippen molar-refractivity contribution in [1.82, 2.24) is 0 Å². The van der Waals surface area contributed by atoms with Gasteiger partial charge in [0, 0.05) is 14.2 Å². The third-order valence-electron chi connectivity index (χ3n) is 2.51. The number of para-hydroxylation sites is 1. The molecule has 0 saturated heterocycles. The van der Waals surface area contributed by atoms with Crippen LogP contribution in [0.4, 0.5) is 0 Å². The van der Waals surface area contributed by atoms with E-state index in [1.54, 1.807) is 14.2 Å². The van der Waals surface area contributed by atoms with E-state index in [1.807, 2.05) is 35.6 Å². The second-order valence-corrected chi connectivity index (χ2v) is 3.94. The normalized spacial score (nSPS) is 12.7. The lowest BCUT2D eigenvalue weighted by Gasteiger charge is -2.14. The molecule has 1 rings (SSSR count). The van der Waals surface area contributed by atoms with Gasteiger partial charge in [-0.05, 0) is 12.1 Å². The predicted octanol–water partition coefficient (Wildman–Crippen LogP) is -0.391. The molecule has 0 aromatic heterocycles. The monoisotopic (exact) mass is 256 g/mol. The highest BCUT2D eigenvalue weighted by molar-refractivity contribution is 5.20. The van der Waals surface area contributed by atoms with Crippen LogP contribution in [0, 0.1) is 0 Å². The van der Waals surface area contributed by atoms with Gasteiger partial charge in [-0.15, -0.1) is 0 Å². The lowest BCUT2D eigenvalue weighted by Crippen LogP contribution is -2.88. The Labute approximate surface area is 108 Å². The van der Waals surface area contributed by atoms with E-state index in [-0.39, 0.29) is 12.9 Å². The van der Waals surface area contributed by atoms with Crippen molar-refractivity contribution in [2.45, 2.75) is 12.4 Å². The minimum absolute atomic E-state index is 0.243. The van der Waals surface area contributed by atoms with Gasteiger partial charge in [0.05, 0.1) is 0 Å². The van der Waals surface area contributed by atoms with E-state index in [0.717, 1.165) is 5.75 Å². The van der Waals surface area contributed by atoms with Gasteiger partial charge in [0.1, 0.15) is 31.5 Å². The third-order valence-corrected chi connectivity index (χ3v) is 2.51. The van der Waals surface area contributed by atoms with Gasteiger partial charge >= 0.3 is 0 Å². The number of hydrogen-bond acceptors (Lipinski definition) is 4. The summed E-state index contributed by atoms with van der Waals surface area (Å²) in [4.78, 5) is 0. The zero-order valence-corrected chi connectivity index (χ0v) is 10.9. The van der Waals surface area contributed by atoms with Crippen LogP contribution in [0.5, 0.6) is 5.75 Å². The fourth-order valence-corrected chi connectivity index (χ4v) is 1.49. The van der Waals surface area contributed by atoms with Crippen molar-refractivity contribution in [3.63, 3.8) is 0 Å². The van der Waals surface area contributed by atoms with Crippen LogP contribution in [0.25, 0.3) is 0 Å². The van der Waals surface area contributed by atoms with E-state index in [1.165, 1.54) is 0 Å². The van der Waals surface area contributed by atoms with Gasteiger partial charge in [-0.2, -0.15) is 0 Å². The van der Waals surface area contributed by atoms with Crippen molar-refractivity contribution in [1.29, 1.82) is 0 Å². The number of ether oxygens (including phenoxy) is 3. The number of quaternary nitrogens is 1. The van der Waals surface area contributed by atoms with Crippen LogP contribution in [0.2, 0.25) is 0 Å². The molecule has 0 aliphatic rings. The van der Waals surface area contributed by atoms with Crippen molar-refractivity contribution in [2.75, 3.05) is 33.9 Å². The summed E-state index contributed by atoms with van der Waals surface area (Å²) in [6.07, 6.45) is -0.758. The number of aliphatic hydroxyl groups is 1. The maximum Gasteiger partial charge on any atom is 0.206 e. The first-order valence-electron chi connectivity index (χ1n) is 5.99. The molecule has 1 aromatic carbocycles. The lowest BCUT2D eigenvalue weighted by atomic mass is 10.3. The van der Waals surface area contributed by atoms with Crippen molar-refractivity contribution < 1.29 is 24.6 Å². The molecule has 0 aliphatic carbocycles. The van der Waals surface area contributed by atoms with E-state index < -0.39 is 6.10 Å². The summed E-state index contributed by atoms with van der Waals surface area (Å²) in [5.41, 5.74) is 0. The molecule has 0 aliphatic heterocycles. The third kappa shape index (κ3) is 5.97. The van der Waals surface area contributed by atoms with Crippen LogP contribution in [0.15, 0.2) is 30.3 Å². The largest absolute Gasteiger partial charge is 0.491 e. The number of methoxy groups -OCH3 is 2. The van der Waals surface area contributed by atoms with Crippen LogP contribution in [-0.4, -0.2) is 51.4 Å². The van der Waals surface area contributed by atoms with Gasteiger partial charge in [0.15, 0.2) is 0 Å². The quantitative estimate of drug-likeness (QED) is 0.591. The SMILES string of the molecule is COC(C[NH2+]C[C@@H](O)COc1ccccc1)OC. The molecule has 0 heterocycles. The molecular weight excluding hydrogens is 234 g/mol. The van der Waals surface area contributed by atoms with Gasteiger partial charge in [-0.3, -0.25) is 0 Å². The molecule has 0 spiro atoms. The molecule has 5 nitrogen and oxygen atoms in total. The average molecular weight is 256 g/mol. The number of benzene rings is 1. The molecular formula is C13H22NO4+. The van der Waals surface area contributed by atoms with Crippen LogP contribution in [0.3, 0.4) is 0 Å². The molecule has 18 heavy (non-hydrogen) atoms. The minimum atomic E-state index is -0.514. The standard InChI is InChI=1S/C13H21NO4/c1-16-13(17-2)9-14-8-11(15)10-18-12-6-4-3-5-7-12/h3-7,11,13-15H,8-10H2,1-2H3/p+1/t11-/m1/s1. The fourth-order valence-electron chi connectivity index (χ4n) is 1.49. The molecule has 102 valence electrons. The van der Waals surface area contributed by atoms with Crippen LogP contribution < -0.4 is 10.1 Å². The summed E-state index contributed by atoms with van der Waals surface area (Å²) in [5, 5.41) is 11.7. The van der Waals surface area contributed by atoms with Crippen LogP contribution in [-0.2, 0) is 9.47 Å². The van der Waals surface area contributed by atoms with E-state index in [9.17, 15) is 5.11 Å². The zero-order chi connectivity index (χ0) is 13.2. The van der Waals surface area contributed by atoms with Crippen molar-refractivity contribution in [3.05, 3.63) is 30.3 Å². The van der Waals surface area contributed by atoms with Crippen LogP contribution >= 0.6 is 0 Å². The fraction of sp³-hybridized carbons (Fsp3) is 0.538. The van der Waals surface area contributed by atoms with Gasteiger partial charge in [0.2, 0.25) is 6.29 Å². The summed E-state index contributed by atoms with van der Waals surface area (Å²) >= 11 is 0. The molecule has 3 N–H and O–H groups in total. The number of hydrogen-bond donors (Lipinski definition) is 2. The molecule has 0 saturated carbocycles. The van der Waals surface area contributed by atoms with Gasteiger partial charge in [-0.25, -0.2) is 0 Å². The maximum atomic E-state index is 9.73. The van der Waals surface area contributed by atoms with Crippen LogP contribution in [0.1, 0.15) is 0 Å². The molecule has 0 unspecified atom stereocenters. The Morgan fingerprint density at radius 2 is 1.78 bits per heavy atom. The topological polar surface area (TPSA) is 64.5 Å².